The molecule has 0 saturated heterocycles. The number of hydrogen-bond donors (Lipinski definition) is 2. The molecule has 0 aromatic heterocycles. The van der Waals surface area contributed by atoms with Crippen molar-refractivity contribution in [3.8, 4) is 0 Å². The Balaban J connectivity index is 2.48. The number of esters is 1. The summed E-state index contributed by atoms with van der Waals surface area (Å²) in [6.07, 6.45) is 1.12. The maximum absolute atomic E-state index is 11.3. The summed E-state index contributed by atoms with van der Waals surface area (Å²) in [6.45, 7) is -0.227. The molecule has 2 atom stereocenters. The lowest BCUT2D eigenvalue weighted by atomic mass is 9.96. The molecule has 17 heavy (non-hydrogen) atoms. The third-order valence-electron chi connectivity index (χ3n) is 2.68. The number of hydrogen-bond acceptors (Lipinski definition) is 4. The molecule has 94 valence electrons. The summed E-state index contributed by atoms with van der Waals surface area (Å²) >= 11 is 0. The maximum Gasteiger partial charge on any atom is 0.311 e. The van der Waals surface area contributed by atoms with E-state index in [1.807, 2.05) is 30.3 Å². The topological polar surface area (TPSA) is 72.5 Å². The second-order valence-corrected chi connectivity index (χ2v) is 4.09. The molecule has 0 amide bonds. The second kappa shape index (κ2) is 7.04. The van der Waals surface area contributed by atoms with Crippen LogP contribution < -0.4 is 5.73 Å². The fraction of sp³-hybridized carbons (Fsp3) is 0.462. The van der Waals surface area contributed by atoms with Crippen molar-refractivity contribution in [3.63, 3.8) is 0 Å². The number of carbonyl (C=O) groups excluding carboxylic acids is 1. The predicted molar refractivity (Wildman–Crippen MR) is 65.3 cm³/mol. The Morgan fingerprint density at radius 1 is 1.41 bits per heavy atom. The minimum absolute atomic E-state index is 0.159. The van der Waals surface area contributed by atoms with Crippen molar-refractivity contribution in [3.05, 3.63) is 35.9 Å². The van der Waals surface area contributed by atoms with Crippen LogP contribution in [0.5, 0.6) is 0 Å². The quantitative estimate of drug-likeness (QED) is 0.715. The molecule has 0 saturated carbocycles. The molecule has 4 nitrogen and oxygen atoms in total. The van der Waals surface area contributed by atoms with Crippen molar-refractivity contribution < 1.29 is 14.6 Å². The van der Waals surface area contributed by atoms with Crippen molar-refractivity contribution in [1.82, 2.24) is 0 Å². The van der Waals surface area contributed by atoms with Gasteiger partial charge in [-0.15, -0.1) is 0 Å². The normalized spacial score (nSPS) is 14.1. The van der Waals surface area contributed by atoms with Gasteiger partial charge in [0.05, 0.1) is 19.6 Å². The summed E-state index contributed by atoms with van der Waals surface area (Å²) in [7, 11) is 1.31. The van der Waals surface area contributed by atoms with Gasteiger partial charge in [-0.05, 0) is 18.4 Å². The van der Waals surface area contributed by atoms with Crippen LogP contribution >= 0.6 is 0 Å². The zero-order chi connectivity index (χ0) is 12.7. The molecule has 1 aromatic rings. The number of aliphatic hydroxyl groups is 1. The van der Waals surface area contributed by atoms with Crippen LogP contribution in [0.15, 0.2) is 30.3 Å². The van der Waals surface area contributed by atoms with Crippen LogP contribution in [-0.2, 0) is 16.0 Å². The largest absolute Gasteiger partial charge is 0.469 e. The monoisotopic (exact) mass is 237 g/mol. The van der Waals surface area contributed by atoms with Crippen molar-refractivity contribution in [2.45, 2.75) is 18.9 Å². The molecule has 0 fully saturated rings. The molecule has 0 unspecified atom stereocenters. The van der Waals surface area contributed by atoms with Crippen LogP contribution in [0.3, 0.4) is 0 Å². The number of aliphatic hydroxyl groups excluding tert-OH is 1. The minimum atomic E-state index is -0.529. The molecule has 4 heteroatoms. The number of nitrogens with two attached hydrogens (primary N) is 1. The Morgan fingerprint density at radius 3 is 2.59 bits per heavy atom. The van der Waals surface area contributed by atoms with Crippen LogP contribution in [0.25, 0.3) is 0 Å². The van der Waals surface area contributed by atoms with Crippen molar-refractivity contribution in [1.29, 1.82) is 0 Å². The molecule has 0 radical (unpaired) electrons. The summed E-state index contributed by atoms with van der Waals surface area (Å²) in [5, 5.41) is 9.09. The molecular formula is C13H19NO3. The summed E-state index contributed by atoms with van der Waals surface area (Å²) in [5.41, 5.74) is 7.08. The molecule has 0 aliphatic carbocycles. The molecule has 0 aliphatic heterocycles. The fourth-order valence-electron chi connectivity index (χ4n) is 1.78. The van der Waals surface area contributed by atoms with Crippen LogP contribution in [0.2, 0.25) is 0 Å². The van der Waals surface area contributed by atoms with Gasteiger partial charge in [-0.3, -0.25) is 4.79 Å². The fourth-order valence-corrected chi connectivity index (χ4v) is 1.78. The Labute approximate surface area is 101 Å². The second-order valence-electron chi connectivity index (χ2n) is 4.09. The zero-order valence-electron chi connectivity index (χ0n) is 10.0. The van der Waals surface area contributed by atoms with Gasteiger partial charge in [-0.2, -0.15) is 0 Å². The minimum Gasteiger partial charge on any atom is -0.469 e. The Kier molecular flexibility index (Phi) is 5.66. The number of rotatable bonds is 6. The van der Waals surface area contributed by atoms with Gasteiger partial charge in [-0.25, -0.2) is 0 Å². The van der Waals surface area contributed by atoms with E-state index in [0.29, 0.717) is 12.8 Å². The van der Waals surface area contributed by atoms with Crippen LogP contribution in [-0.4, -0.2) is 30.8 Å². The third kappa shape index (κ3) is 4.54. The van der Waals surface area contributed by atoms with E-state index in [9.17, 15) is 4.79 Å². The van der Waals surface area contributed by atoms with Crippen LogP contribution in [0.1, 0.15) is 12.0 Å². The lowest BCUT2D eigenvalue weighted by molar-refractivity contribution is -0.147. The first-order chi connectivity index (χ1) is 8.17. The Hall–Kier alpha value is -1.39. The van der Waals surface area contributed by atoms with E-state index in [0.717, 1.165) is 5.56 Å². The lowest BCUT2D eigenvalue weighted by Gasteiger charge is -2.17. The van der Waals surface area contributed by atoms with Gasteiger partial charge in [0.15, 0.2) is 0 Å². The number of benzene rings is 1. The van der Waals surface area contributed by atoms with Gasteiger partial charge in [-0.1, -0.05) is 30.3 Å². The maximum atomic E-state index is 11.3. The molecule has 0 heterocycles. The highest BCUT2D eigenvalue weighted by Gasteiger charge is 2.21. The van der Waals surface area contributed by atoms with Crippen LogP contribution in [0.4, 0.5) is 0 Å². The Bertz CT molecular complexity index is 340. The first-order valence-electron chi connectivity index (χ1n) is 5.65. The average Bonchev–Trinajstić information content (AvgIpc) is 2.36. The Morgan fingerprint density at radius 2 is 2.06 bits per heavy atom. The number of methoxy groups -OCH3 is 1. The predicted octanol–water partition coefficient (Wildman–Crippen LogP) is 0.728. The molecule has 0 bridgehead atoms. The van der Waals surface area contributed by atoms with Gasteiger partial charge < -0.3 is 15.6 Å². The van der Waals surface area contributed by atoms with E-state index >= 15 is 0 Å². The average molecular weight is 237 g/mol. The standard InChI is InChI=1S/C13H19NO3/c1-17-13(16)11(9-15)8-12(14)7-10-5-3-2-4-6-10/h2-6,11-12,15H,7-9,14H2,1H3/t11-,12-/m0/s1. The van der Waals surface area contributed by atoms with Crippen LogP contribution in [0, 0.1) is 5.92 Å². The molecular weight excluding hydrogens is 218 g/mol. The van der Waals surface area contributed by atoms with E-state index in [-0.39, 0.29) is 12.6 Å². The van der Waals surface area contributed by atoms with Crippen molar-refractivity contribution >= 4 is 5.97 Å². The van der Waals surface area contributed by atoms with Gasteiger partial charge in [0.1, 0.15) is 0 Å². The number of ether oxygens (including phenoxy) is 1. The molecule has 0 aliphatic rings. The highest BCUT2D eigenvalue weighted by atomic mass is 16.5. The summed E-state index contributed by atoms with van der Waals surface area (Å²) < 4.78 is 4.60. The third-order valence-corrected chi connectivity index (χ3v) is 2.68. The summed E-state index contributed by atoms with van der Waals surface area (Å²) in [4.78, 5) is 11.3. The van der Waals surface area contributed by atoms with E-state index in [1.54, 1.807) is 0 Å². The van der Waals surface area contributed by atoms with E-state index in [4.69, 9.17) is 10.8 Å². The molecule has 1 aromatic carbocycles. The lowest BCUT2D eigenvalue weighted by Crippen LogP contribution is -2.31. The van der Waals surface area contributed by atoms with Gasteiger partial charge in [0.2, 0.25) is 0 Å². The highest BCUT2D eigenvalue weighted by Crippen LogP contribution is 2.11. The van der Waals surface area contributed by atoms with Crippen molar-refractivity contribution in [2.75, 3.05) is 13.7 Å². The van der Waals surface area contributed by atoms with E-state index < -0.39 is 11.9 Å². The van der Waals surface area contributed by atoms with Crippen molar-refractivity contribution in [2.24, 2.45) is 11.7 Å². The van der Waals surface area contributed by atoms with E-state index in [1.165, 1.54) is 7.11 Å². The highest BCUT2D eigenvalue weighted by molar-refractivity contribution is 5.72. The van der Waals surface area contributed by atoms with Gasteiger partial charge >= 0.3 is 5.97 Å². The molecule has 1 rings (SSSR count). The summed E-state index contributed by atoms with van der Waals surface area (Å²) in [6, 6.07) is 9.67. The van der Waals surface area contributed by atoms with Gasteiger partial charge in [0.25, 0.3) is 0 Å². The first-order valence-corrected chi connectivity index (χ1v) is 5.65. The smallest absolute Gasteiger partial charge is 0.311 e. The zero-order valence-corrected chi connectivity index (χ0v) is 10.0. The summed E-state index contributed by atoms with van der Waals surface area (Å²) in [5.74, 6) is -0.935. The SMILES string of the molecule is COC(=O)[C@H](CO)C[C@@H](N)Cc1ccccc1. The first kappa shape index (κ1) is 13.7. The van der Waals surface area contributed by atoms with Gasteiger partial charge in [0, 0.05) is 6.04 Å². The van der Waals surface area contributed by atoms with E-state index in [2.05, 4.69) is 4.74 Å². The molecule has 3 N–H and O–H groups in total. The number of carbonyl (C=O) groups is 1. The molecule has 0 spiro atoms.